The van der Waals surface area contributed by atoms with E-state index in [1.54, 1.807) is 42.5 Å². The predicted octanol–water partition coefficient (Wildman–Crippen LogP) is 2.65. The van der Waals surface area contributed by atoms with Gasteiger partial charge in [-0.15, -0.1) is 0 Å². The molecule has 7 nitrogen and oxygen atoms in total. The van der Waals surface area contributed by atoms with Crippen LogP contribution in [-0.4, -0.2) is 37.8 Å². The van der Waals surface area contributed by atoms with E-state index < -0.39 is 23.8 Å². The molecule has 2 amide bonds. The highest BCUT2D eigenvalue weighted by Crippen LogP contribution is 2.38. The standard InChI is InChI=1S/C19H15ClN2O5/c1-25-13-8-7-10(9-14(13)26-2)16-15-17(27-21-16)19(24)22(18(15)23)12-6-4-3-5-11(12)20/h3-9,15,17H,1-2H3/t15-,17+/m1/s1. The van der Waals surface area contributed by atoms with Crippen molar-refractivity contribution in [1.29, 1.82) is 0 Å². The molecule has 1 saturated heterocycles. The molecule has 0 unspecified atom stereocenters. The summed E-state index contributed by atoms with van der Waals surface area (Å²) >= 11 is 6.17. The Hall–Kier alpha value is -3.06. The molecule has 8 heteroatoms. The molecule has 4 rings (SSSR count). The molecular weight excluding hydrogens is 372 g/mol. The number of rotatable bonds is 4. The zero-order valence-electron chi connectivity index (χ0n) is 14.5. The first-order chi connectivity index (χ1) is 13.1. The highest BCUT2D eigenvalue weighted by atomic mass is 35.5. The number of carbonyl (C=O) groups excluding carboxylic acids is 2. The third kappa shape index (κ3) is 2.62. The van der Waals surface area contributed by atoms with Gasteiger partial charge >= 0.3 is 0 Å². The van der Waals surface area contributed by atoms with E-state index in [0.29, 0.717) is 33.5 Å². The van der Waals surface area contributed by atoms with Crippen molar-refractivity contribution >= 4 is 34.8 Å². The monoisotopic (exact) mass is 386 g/mol. The number of imide groups is 1. The fourth-order valence-electron chi connectivity index (χ4n) is 3.28. The van der Waals surface area contributed by atoms with E-state index >= 15 is 0 Å². The molecule has 0 spiro atoms. The number of hydrogen-bond acceptors (Lipinski definition) is 6. The maximum atomic E-state index is 13.0. The number of ether oxygens (including phenoxy) is 2. The molecule has 0 bridgehead atoms. The third-order valence-corrected chi connectivity index (χ3v) is 4.90. The lowest BCUT2D eigenvalue weighted by molar-refractivity contribution is -0.126. The average Bonchev–Trinajstić information content (AvgIpc) is 3.22. The Morgan fingerprint density at radius 2 is 1.78 bits per heavy atom. The normalized spacial score (nSPS) is 21.0. The SMILES string of the molecule is COc1ccc(C2=NO[C@@H]3C(=O)N(c4ccccc4Cl)C(=O)[C@H]23)cc1OC. The largest absolute Gasteiger partial charge is 0.493 e. The molecule has 2 aliphatic heterocycles. The lowest BCUT2D eigenvalue weighted by Gasteiger charge is -2.16. The lowest BCUT2D eigenvalue weighted by Crippen LogP contribution is -2.33. The number of hydrogen-bond donors (Lipinski definition) is 0. The summed E-state index contributed by atoms with van der Waals surface area (Å²) < 4.78 is 10.5. The van der Waals surface area contributed by atoms with Crippen LogP contribution in [0.5, 0.6) is 11.5 Å². The van der Waals surface area contributed by atoms with E-state index in [4.69, 9.17) is 25.9 Å². The summed E-state index contributed by atoms with van der Waals surface area (Å²) in [5, 5.41) is 4.30. The van der Waals surface area contributed by atoms with Crippen molar-refractivity contribution in [3.05, 3.63) is 53.1 Å². The van der Waals surface area contributed by atoms with Gasteiger partial charge in [-0.2, -0.15) is 0 Å². The van der Waals surface area contributed by atoms with E-state index in [-0.39, 0.29) is 0 Å². The van der Waals surface area contributed by atoms with Crippen LogP contribution >= 0.6 is 11.6 Å². The second kappa shape index (κ2) is 6.59. The Kier molecular flexibility index (Phi) is 4.24. The molecule has 2 heterocycles. The zero-order valence-corrected chi connectivity index (χ0v) is 15.3. The van der Waals surface area contributed by atoms with Gasteiger partial charge in [0.05, 0.1) is 24.9 Å². The van der Waals surface area contributed by atoms with Gasteiger partial charge in [0.2, 0.25) is 12.0 Å². The van der Waals surface area contributed by atoms with Crippen LogP contribution in [0.2, 0.25) is 5.02 Å². The van der Waals surface area contributed by atoms with Crippen molar-refractivity contribution in [3.8, 4) is 11.5 Å². The number of nitrogens with zero attached hydrogens (tertiary/aromatic N) is 2. The van der Waals surface area contributed by atoms with Crippen LogP contribution in [0.15, 0.2) is 47.6 Å². The number of fused-ring (bicyclic) bond motifs is 1. The number of oxime groups is 1. The maximum absolute atomic E-state index is 13.0. The Morgan fingerprint density at radius 3 is 2.48 bits per heavy atom. The van der Waals surface area contributed by atoms with Gasteiger partial charge in [0, 0.05) is 5.56 Å². The lowest BCUT2D eigenvalue weighted by atomic mass is 9.94. The molecule has 2 aliphatic rings. The third-order valence-electron chi connectivity index (χ3n) is 4.58. The number of methoxy groups -OCH3 is 2. The number of carbonyl (C=O) groups is 2. The summed E-state index contributed by atoms with van der Waals surface area (Å²) in [6.45, 7) is 0. The Balaban J connectivity index is 1.71. The fourth-order valence-corrected chi connectivity index (χ4v) is 3.50. The molecule has 0 radical (unpaired) electrons. The second-order valence-electron chi connectivity index (χ2n) is 6.01. The number of para-hydroxylation sites is 1. The van der Waals surface area contributed by atoms with Gasteiger partial charge in [-0.3, -0.25) is 9.59 Å². The average molecular weight is 387 g/mol. The van der Waals surface area contributed by atoms with E-state index in [0.717, 1.165) is 4.90 Å². The minimum absolute atomic E-state index is 0.309. The molecule has 138 valence electrons. The van der Waals surface area contributed by atoms with Crippen molar-refractivity contribution in [2.24, 2.45) is 11.1 Å². The molecular formula is C19H15ClN2O5. The van der Waals surface area contributed by atoms with Crippen LogP contribution in [0.25, 0.3) is 0 Å². The molecule has 1 fully saturated rings. The fraction of sp³-hybridized carbons (Fsp3) is 0.211. The van der Waals surface area contributed by atoms with Crippen LogP contribution in [-0.2, 0) is 14.4 Å². The van der Waals surface area contributed by atoms with Gasteiger partial charge in [0.1, 0.15) is 11.6 Å². The smallest absolute Gasteiger partial charge is 0.279 e. The molecule has 2 atom stereocenters. The summed E-state index contributed by atoms with van der Waals surface area (Å²) in [6.07, 6.45) is -1.00. The molecule has 0 N–H and O–H groups in total. The quantitative estimate of drug-likeness (QED) is 0.755. The van der Waals surface area contributed by atoms with Crippen LogP contribution in [0, 0.1) is 5.92 Å². The van der Waals surface area contributed by atoms with E-state index in [1.807, 2.05) is 0 Å². The van der Waals surface area contributed by atoms with Gasteiger partial charge in [-0.25, -0.2) is 4.90 Å². The first kappa shape index (κ1) is 17.4. The number of anilines is 1. The first-order valence-corrected chi connectivity index (χ1v) is 8.53. The Labute approximate surface area is 160 Å². The predicted molar refractivity (Wildman–Crippen MR) is 98.4 cm³/mol. The molecule has 27 heavy (non-hydrogen) atoms. The minimum atomic E-state index is -1.00. The van der Waals surface area contributed by atoms with Crippen molar-refractivity contribution in [3.63, 3.8) is 0 Å². The van der Waals surface area contributed by atoms with Crippen LogP contribution < -0.4 is 14.4 Å². The van der Waals surface area contributed by atoms with Crippen LogP contribution in [0.3, 0.4) is 0 Å². The molecule has 0 aromatic heterocycles. The maximum Gasteiger partial charge on any atom is 0.279 e. The molecule has 2 aromatic rings. The molecule has 2 aromatic carbocycles. The van der Waals surface area contributed by atoms with Crippen LogP contribution in [0.1, 0.15) is 5.56 Å². The first-order valence-electron chi connectivity index (χ1n) is 8.15. The van der Waals surface area contributed by atoms with Crippen molar-refractivity contribution in [2.75, 3.05) is 19.1 Å². The van der Waals surface area contributed by atoms with Gasteiger partial charge < -0.3 is 14.3 Å². The second-order valence-corrected chi connectivity index (χ2v) is 6.42. The van der Waals surface area contributed by atoms with E-state index in [1.165, 1.54) is 14.2 Å². The zero-order chi connectivity index (χ0) is 19.1. The highest BCUT2D eigenvalue weighted by Gasteiger charge is 2.56. The van der Waals surface area contributed by atoms with E-state index in [2.05, 4.69) is 5.16 Å². The number of amides is 2. The Bertz CT molecular complexity index is 974. The summed E-state index contributed by atoms with van der Waals surface area (Å²) in [4.78, 5) is 32.2. The van der Waals surface area contributed by atoms with Crippen molar-refractivity contribution in [1.82, 2.24) is 0 Å². The Morgan fingerprint density at radius 1 is 1.04 bits per heavy atom. The van der Waals surface area contributed by atoms with Gasteiger partial charge in [-0.05, 0) is 30.3 Å². The topological polar surface area (TPSA) is 77.4 Å². The van der Waals surface area contributed by atoms with Gasteiger partial charge in [0.25, 0.3) is 5.91 Å². The summed E-state index contributed by atoms with van der Waals surface area (Å²) in [5.74, 6) is -0.724. The molecule has 0 aliphatic carbocycles. The minimum Gasteiger partial charge on any atom is -0.493 e. The number of benzene rings is 2. The summed E-state index contributed by atoms with van der Waals surface area (Å²) in [5.41, 5.74) is 1.31. The van der Waals surface area contributed by atoms with Crippen molar-refractivity contribution < 1.29 is 23.9 Å². The van der Waals surface area contributed by atoms with Gasteiger partial charge in [0.15, 0.2) is 11.5 Å². The van der Waals surface area contributed by atoms with E-state index in [9.17, 15) is 9.59 Å². The van der Waals surface area contributed by atoms with Crippen molar-refractivity contribution in [2.45, 2.75) is 6.10 Å². The summed E-state index contributed by atoms with van der Waals surface area (Å²) in [6, 6.07) is 11.8. The van der Waals surface area contributed by atoms with Crippen LogP contribution in [0.4, 0.5) is 5.69 Å². The highest BCUT2D eigenvalue weighted by molar-refractivity contribution is 6.38. The molecule has 0 saturated carbocycles. The van der Waals surface area contributed by atoms with Gasteiger partial charge in [-0.1, -0.05) is 28.9 Å². The number of halogens is 1. The summed E-state index contributed by atoms with van der Waals surface area (Å²) in [7, 11) is 3.05.